The molecule has 1 aromatic rings. The summed E-state index contributed by atoms with van der Waals surface area (Å²) in [5.74, 6) is -1.80. The van der Waals surface area contributed by atoms with E-state index in [4.69, 9.17) is 22.1 Å². The lowest BCUT2D eigenvalue weighted by Crippen LogP contribution is -2.30. The lowest BCUT2D eigenvalue weighted by molar-refractivity contribution is -0.125. The van der Waals surface area contributed by atoms with Gasteiger partial charge in [-0.2, -0.15) is 0 Å². The van der Waals surface area contributed by atoms with Crippen LogP contribution in [0.4, 0.5) is 0 Å². The van der Waals surface area contributed by atoms with Crippen LogP contribution in [0, 0.1) is 0 Å². The van der Waals surface area contributed by atoms with Crippen LogP contribution in [0.3, 0.4) is 0 Å². The van der Waals surface area contributed by atoms with Crippen LogP contribution in [0.2, 0.25) is 5.02 Å². The summed E-state index contributed by atoms with van der Waals surface area (Å²) < 4.78 is 29.6. The summed E-state index contributed by atoms with van der Waals surface area (Å²) in [6.07, 6.45) is -1.18. The van der Waals surface area contributed by atoms with Crippen molar-refractivity contribution in [3.63, 3.8) is 0 Å². The molecule has 122 valence electrons. The van der Waals surface area contributed by atoms with Crippen molar-refractivity contribution in [3.8, 4) is 0 Å². The van der Waals surface area contributed by atoms with E-state index in [9.17, 15) is 18.0 Å². The number of amides is 1. The number of carbonyl (C=O) groups is 2. The highest BCUT2D eigenvalue weighted by Crippen LogP contribution is 2.23. The number of esters is 1. The molecule has 0 heterocycles. The van der Waals surface area contributed by atoms with E-state index in [1.165, 1.54) is 33.2 Å². The number of ether oxygens (including phenoxy) is 1. The Morgan fingerprint density at radius 2 is 1.95 bits per heavy atom. The second-order valence-corrected chi connectivity index (χ2v) is 6.53. The second-order valence-electron chi connectivity index (χ2n) is 4.19. The summed E-state index contributed by atoms with van der Waals surface area (Å²) in [5.41, 5.74) is 4.78. The van der Waals surface area contributed by atoms with Gasteiger partial charge in [0.1, 0.15) is 0 Å². The minimum Gasteiger partial charge on any atom is -0.449 e. The van der Waals surface area contributed by atoms with Crippen LogP contribution in [-0.4, -0.2) is 45.0 Å². The molecule has 2 N–H and O–H groups in total. The van der Waals surface area contributed by atoms with Crippen molar-refractivity contribution in [1.82, 2.24) is 4.47 Å². The highest BCUT2D eigenvalue weighted by molar-refractivity contribution is 7.89. The molecule has 0 bridgehead atoms. The van der Waals surface area contributed by atoms with E-state index in [1.807, 2.05) is 0 Å². The average molecular weight is 351 g/mol. The van der Waals surface area contributed by atoms with E-state index in [1.54, 1.807) is 0 Å². The molecule has 10 heteroatoms. The predicted molar refractivity (Wildman–Crippen MR) is 77.5 cm³/mol. The highest BCUT2D eigenvalue weighted by atomic mass is 35.5. The van der Waals surface area contributed by atoms with Gasteiger partial charge < -0.3 is 10.5 Å². The quantitative estimate of drug-likeness (QED) is 0.591. The SMILES string of the molecule is CON(C)S(=O)(=O)c1ccc(Cl)c(C(=O)O[C@H](C)C(N)=O)c1. The smallest absolute Gasteiger partial charge is 0.340 e. The molecule has 0 aliphatic rings. The van der Waals surface area contributed by atoms with E-state index < -0.39 is 28.0 Å². The van der Waals surface area contributed by atoms with Crippen LogP contribution >= 0.6 is 11.6 Å². The number of benzene rings is 1. The molecule has 1 rings (SSSR count). The van der Waals surface area contributed by atoms with Gasteiger partial charge in [0.2, 0.25) is 0 Å². The molecule has 0 aromatic heterocycles. The summed E-state index contributed by atoms with van der Waals surface area (Å²) >= 11 is 5.86. The van der Waals surface area contributed by atoms with Gasteiger partial charge in [0.05, 0.1) is 22.6 Å². The number of carbonyl (C=O) groups excluding carboxylic acids is 2. The first kappa shape index (κ1) is 18.4. The molecule has 1 aromatic carbocycles. The first-order valence-corrected chi connectivity index (χ1v) is 7.76. The third kappa shape index (κ3) is 3.95. The standard InChI is InChI=1S/C12H15ClN2O6S/c1-7(11(14)16)21-12(17)9-6-8(4-5-10(9)13)22(18,19)15(2)20-3/h4-7H,1-3H3,(H2,14,16)/t7-/m1/s1. The van der Waals surface area contributed by atoms with E-state index >= 15 is 0 Å². The monoisotopic (exact) mass is 350 g/mol. The van der Waals surface area contributed by atoms with Gasteiger partial charge in [-0.05, 0) is 25.1 Å². The number of sulfonamides is 1. The van der Waals surface area contributed by atoms with Crippen molar-refractivity contribution in [2.24, 2.45) is 5.73 Å². The normalized spacial score (nSPS) is 13.0. The maximum atomic E-state index is 12.1. The Bertz CT molecular complexity index is 691. The molecule has 1 amide bonds. The van der Waals surface area contributed by atoms with Crippen LogP contribution in [0.5, 0.6) is 0 Å². The van der Waals surface area contributed by atoms with E-state index in [0.29, 0.717) is 4.47 Å². The van der Waals surface area contributed by atoms with Gasteiger partial charge in [-0.1, -0.05) is 16.1 Å². The predicted octanol–water partition coefficient (Wildman–Crippen LogP) is 0.553. The maximum Gasteiger partial charge on any atom is 0.340 e. The summed E-state index contributed by atoms with van der Waals surface area (Å²) in [6, 6.07) is 3.47. The third-order valence-electron chi connectivity index (χ3n) is 2.74. The molecule has 0 unspecified atom stereocenters. The number of hydroxylamine groups is 1. The third-order valence-corrected chi connectivity index (χ3v) is 4.74. The first-order chi connectivity index (χ1) is 10.1. The fraction of sp³-hybridized carbons (Fsp3) is 0.333. The van der Waals surface area contributed by atoms with Crippen molar-refractivity contribution in [1.29, 1.82) is 0 Å². The molecule has 0 saturated heterocycles. The van der Waals surface area contributed by atoms with Crippen molar-refractivity contribution in [2.45, 2.75) is 17.9 Å². The Hall–Kier alpha value is -1.68. The number of halogens is 1. The van der Waals surface area contributed by atoms with E-state index in [0.717, 1.165) is 6.07 Å². The fourth-order valence-electron chi connectivity index (χ4n) is 1.35. The molecular formula is C12H15ClN2O6S. The Balaban J connectivity index is 3.21. The summed E-state index contributed by atoms with van der Waals surface area (Å²) in [5, 5.41) is -0.0271. The number of hydrogen-bond acceptors (Lipinski definition) is 6. The lowest BCUT2D eigenvalue weighted by Gasteiger charge is -2.15. The fourth-order valence-corrected chi connectivity index (χ4v) is 2.54. The molecule has 1 atom stereocenters. The molecule has 0 radical (unpaired) electrons. The second kappa shape index (κ2) is 7.05. The number of nitrogens with two attached hydrogens (primary N) is 1. The molecule has 0 fully saturated rings. The van der Waals surface area contributed by atoms with Crippen molar-refractivity contribution in [3.05, 3.63) is 28.8 Å². The molecule has 0 saturated carbocycles. The van der Waals surface area contributed by atoms with Gasteiger partial charge in [0, 0.05) is 7.05 Å². The topological polar surface area (TPSA) is 116 Å². The van der Waals surface area contributed by atoms with E-state index in [-0.39, 0.29) is 15.5 Å². The zero-order chi connectivity index (χ0) is 17.1. The summed E-state index contributed by atoms with van der Waals surface area (Å²) in [4.78, 5) is 27.3. The molecule has 0 spiro atoms. The Kier molecular flexibility index (Phi) is 5.89. The largest absolute Gasteiger partial charge is 0.449 e. The molecular weight excluding hydrogens is 336 g/mol. The Labute approximate surface area is 132 Å². The molecule has 22 heavy (non-hydrogen) atoms. The number of hydrogen-bond donors (Lipinski definition) is 1. The van der Waals surface area contributed by atoms with Gasteiger partial charge in [0.25, 0.3) is 15.9 Å². The van der Waals surface area contributed by atoms with Gasteiger partial charge in [-0.25, -0.2) is 13.2 Å². The lowest BCUT2D eigenvalue weighted by atomic mass is 10.2. The van der Waals surface area contributed by atoms with Gasteiger partial charge in [-0.3, -0.25) is 9.63 Å². The first-order valence-electron chi connectivity index (χ1n) is 5.94. The number of primary amides is 1. The molecule has 0 aliphatic carbocycles. The van der Waals surface area contributed by atoms with Gasteiger partial charge in [-0.15, -0.1) is 0 Å². The minimum atomic E-state index is -3.95. The van der Waals surface area contributed by atoms with Crippen LogP contribution in [0.1, 0.15) is 17.3 Å². The highest BCUT2D eigenvalue weighted by Gasteiger charge is 2.25. The molecule has 0 aliphatic heterocycles. The van der Waals surface area contributed by atoms with Gasteiger partial charge in [0.15, 0.2) is 6.10 Å². The van der Waals surface area contributed by atoms with Crippen LogP contribution in [-0.2, 0) is 24.4 Å². The van der Waals surface area contributed by atoms with Gasteiger partial charge >= 0.3 is 5.97 Å². The number of rotatable bonds is 6. The summed E-state index contributed by atoms with van der Waals surface area (Å²) in [7, 11) is -1.58. The Morgan fingerprint density at radius 3 is 2.45 bits per heavy atom. The molecule has 8 nitrogen and oxygen atoms in total. The zero-order valence-electron chi connectivity index (χ0n) is 12.1. The maximum absolute atomic E-state index is 12.1. The zero-order valence-corrected chi connectivity index (χ0v) is 13.6. The van der Waals surface area contributed by atoms with E-state index in [2.05, 4.69) is 4.84 Å². The van der Waals surface area contributed by atoms with Crippen LogP contribution in [0.15, 0.2) is 23.1 Å². The van der Waals surface area contributed by atoms with Crippen molar-refractivity contribution in [2.75, 3.05) is 14.2 Å². The van der Waals surface area contributed by atoms with Crippen molar-refractivity contribution < 1.29 is 27.6 Å². The van der Waals surface area contributed by atoms with Crippen LogP contribution in [0.25, 0.3) is 0 Å². The van der Waals surface area contributed by atoms with Crippen LogP contribution < -0.4 is 5.73 Å². The minimum absolute atomic E-state index is 0.0271. The average Bonchev–Trinajstić information content (AvgIpc) is 2.46. The number of nitrogens with zero attached hydrogens (tertiary/aromatic N) is 1. The Morgan fingerprint density at radius 1 is 1.36 bits per heavy atom. The summed E-state index contributed by atoms with van der Waals surface area (Å²) in [6.45, 7) is 1.29. The van der Waals surface area contributed by atoms with Crippen molar-refractivity contribution >= 4 is 33.5 Å².